The van der Waals surface area contributed by atoms with Gasteiger partial charge in [0.2, 0.25) is 0 Å². The third-order valence-corrected chi connectivity index (χ3v) is 8.99. The molecule has 0 bridgehead atoms. The van der Waals surface area contributed by atoms with Crippen LogP contribution in [0.25, 0.3) is 87.4 Å². The molecule has 0 N–H and O–H groups in total. The van der Waals surface area contributed by atoms with Crippen LogP contribution < -0.4 is 0 Å². The van der Waals surface area contributed by atoms with Crippen LogP contribution in [0, 0.1) is 13.8 Å². The fourth-order valence-electron chi connectivity index (χ4n) is 7.22. The molecule has 0 unspecified atom stereocenters. The van der Waals surface area contributed by atoms with Crippen molar-refractivity contribution >= 4 is 53.9 Å². The summed E-state index contributed by atoms with van der Waals surface area (Å²) in [7, 11) is 0. The van der Waals surface area contributed by atoms with E-state index >= 15 is 0 Å². The van der Waals surface area contributed by atoms with Gasteiger partial charge in [0.15, 0.2) is 0 Å². The summed E-state index contributed by atoms with van der Waals surface area (Å²) < 4.78 is 0. The number of rotatable bonds is 1. The maximum absolute atomic E-state index is 4.87. The van der Waals surface area contributed by atoms with Gasteiger partial charge in [-0.05, 0) is 114 Å². The van der Waals surface area contributed by atoms with Crippen molar-refractivity contribution in [2.24, 2.45) is 0 Å². The number of nitrogens with zero attached hydrogens (tertiary/aromatic N) is 1. The summed E-state index contributed by atoms with van der Waals surface area (Å²) in [5.74, 6) is 0. The first-order chi connectivity index (χ1) is 19.7. The largest absolute Gasteiger partial charge is 0.256 e. The molecule has 0 amide bonds. The molecule has 1 aromatic heterocycles. The minimum absolute atomic E-state index is 1.10. The molecule has 186 valence electrons. The minimum Gasteiger partial charge on any atom is -0.256 e. The Morgan fingerprint density at radius 1 is 0.450 bits per heavy atom. The van der Waals surface area contributed by atoms with Gasteiger partial charge >= 0.3 is 0 Å². The van der Waals surface area contributed by atoms with Gasteiger partial charge in [0.1, 0.15) is 0 Å². The Bertz CT molecular complexity index is 2390. The second kappa shape index (κ2) is 7.77. The molecule has 7 aromatic carbocycles. The minimum atomic E-state index is 1.10. The van der Waals surface area contributed by atoms with Gasteiger partial charge < -0.3 is 0 Å². The fourth-order valence-corrected chi connectivity index (χ4v) is 7.22. The first-order valence-electron chi connectivity index (χ1n) is 14.0. The zero-order valence-corrected chi connectivity index (χ0v) is 22.4. The first kappa shape index (κ1) is 21.9. The van der Waals surface area contributed by atoms with Crippen LogP contribution >= 0.6 is 0 Å². The van der Waals surface area contributed by atoms with E-state index in [-0.39, 0.29) is 0 Å². The number of aromatic nitrogens is 1. The molecule has 9 rings (SSSR count). The number of aryl methyl sites for hydroxylation is 2. The standard InChI is InChI=1S/C39H25N/c1-22-13-15-28-31(18-22)35(32-19-24-8-3-4-9-25(24)26-10-5-6-11-27(26)32)20-34-29-16-14-23(2)37-30-12-7-17-40-39(30)36(38(29)37)21-33(28)34/h3-21H,1-2H3. The lowest BCUT2D eigenvalue weighted by molar-refractivity contribution is 1.34. The number of fused-ring (bicyclic) bond motifs is 10. The molecule has 1 nitrogen and oxygen atoms in total. The lowest BCUT2D eigenvalue weighted by atomic mass is 9.86. The summed E-state index contributed by atoms with van der Waals surface area (Å²) in [6.45, 7) is 4.42. The van der Waals surface area contributed by atoms with Gasteiger partial charge in [0, 0.05) is 17.3 Å². The summed E-state index contributed by atoms with van der Waals surface area (Å²) in [5, 5.41) is 13.0. The van der Waals surface area contributed by atoms with Gasteiger partial charge in [-0.2, -0.15) is 0 Å². The van der Waals surface area contributed by atoms with Gasteiger partial charge in [-0.1, -0.05) is 90.5 Å². The van der Waals surface area contributed by atoms with Gasteiger partial charge in [0.05, 0.1) is 5.69 Å². The number of hydrogen-bond donors (Lipinski definition) is 0. The zero-order chi connectivity index (χ0) is 26.5. The van der Waals surface area contributed by atoms with E-state index in [4.69, 9.17) is 4.98 Å². The van der Waals surface area contributed by atoms with E-state index in [0.717, 1.165) is 5.69 Å². The lowest BCUT2D eigenvalue weighted by Crippen LogP contribution is -1.90. The van der Waals surface area contributed by atoms with Crippen LogP contribution in [-0.4, -0.2) is 4.98 Å². The fraction of sp³-hybridized carbons (Fsp3) is 0.0513. The van der Waals surface area contributed by atoms with E-state index in [9.17, 15) is 0 Å². The van der Waals surface area contributed by atoms with E-state index in [0.29, 0.717) is 0 Å². The molecule has 0 saturated heterocycles. The van der Waals surface area contributed by atoms with Crippen molar-refractivity contribution < 1.29 is 0 Å². The Balaban J connectivity index is 1.50. The summed E-state index contributed by atoms with van der Waals surface area (Å²) in [4.78, 5) is 4.87. The highest BCUT2D eigenvalue weighted by atomic mass is 14.7. The van der Waals surface area contributed by atoms with Crippen molar-refractivity contribution in [1.82, 2.24) is 4.98 Å². The second-order valence-corrected chi connectivity index (χ2v) is 11.3. The molecule has 0 aliphatic heterocycles. The van der Waals surface area contributed by atoms with Crippen LogP contribution in [0.15, 0.2) is 115 Å². The predicted molar refractivity (Wildman–Crippen MR) is 171 cm³/mol. The normalized spacial score (nSPS) is 12.2. The van der Waals surface area contributed by atoms with E-state index < -0.39 is 0 Å². The molecular formula is C39H25N. The maximum atomic E-state index is 4.87. The van der Waals surface area contributed by atoms with Gasteiger partial charge in [-0.15, -0.1) is 0 Å². The number of hydrogen-bond acceptors (Lipinski definition) is 1. The molecule has 0 radical (unpaired) electrons. The van der Waals surface area contributed by atoms with Gasteiger partial charge in [0.25, 0.3) is 0 Å². The third-order valence-electron chi connectivity index (χ3n) is 8.99. The maximum Gasteiger partial charge on any atom is 0.0787 e. The average molecular weight is 508 g/mol. The molecule has 40 heavy (non-hydrogen) atoms. The third kappa shape index (κ3) is 2.79. The average Bonchev–Trinajstić information content (AvgIpc) is 3.33. The quantitative estimate of drug-likeness (QED) is 0.201. The summed E-state index contributed by atoms with van der Waals surface area (Å²) >= 11 is 0. The summed E-state index contributed by atoms with van der Waals surface area (Å²) in [6.07, 6.45) is 1.92. The Hall–Kier alpha value is -5.01. The smallest absolute Gasteiger partial charge is 0.0787 e. The second-order valence-electron chi connectivity index (χ2n) is 11.3. The van der Waals surface area contributed by atoms with Crippen molar-refractivity contribution in [3.63, 3.8) is 0 Å². The highest BCUT2D eigenvalue weighted by molar-refractivity contribution is 6.29. The predicted octanol–water partition coefficient (Wildman–Crippen LogP) is 10.8. The molecule has 0 saturated carbocycles. The zero-order valence-electron chi connectivity index (χ0n) is 22.4. The SMILES string of the molecule is Cc1ccc2c(c1)c(-c1cc3ccccc3c3ccccc13)cc1c3ccc(C)c4c3c(cc21)-c1ncccc1-4. The van der Waals surface area contributed by atoms with Crippen LogP contribution in [0.3, 0.4) is 0 Å². The Morgan fingerprint density at radius 2 is 1.15 bits per heavy atom. The van der Waals surface area contributed by atoms with Crippen molar-refractivity contribution in [3.8, 4) is 33.5 Å². The van der Waals surface area contributed by atoms with E-state index in [1.54, 1.807) is 0 Å². The molecule has 0 spiro atoms. The van der Waals surface area contributed by atoms with Crippen molar-refractivity contribution in [2.75, 3.05) is 0 Å². The van der Waals surface area contributed by atoms with Crippen LogP contribution in [0.2, 0.25) is 0 Å². The molecule has 1 aliphatic rings. The Morgan fingerprint density at radius 3 is 2.05 bits per heavy atom. The molecule has 1 heteroatoms. The molecule has 1 aliphatic carbocycles. The number of benzene rings is 7. The highest BCUT2D eigenvalue weighted by Gasteiger charge is 2.26. The molecular weight excluding hydrogens is 482 g/mol. The van der Waals surface area contributed by atoms with Crippen molar-refractivity contribution in [1.29, 1.82) is 0 Å². The van der Waals surface area contributed by atoms with E-state index in [1.807, 2.05) is 6.20 Å². The monoisotopic (exact) mass is 507 g/mol. The Labute approximate surface area is 232 Å². The summed E-state index contributed by atoms with van der Waals surface area (Å²) in [5.41, 5.74) is 10.1. The topological polar surface area (TPSA) is 12.9 Å². The molecule has 1 heterocycles. The van der Waals surface area contributed by atoms with Crippen LogP contribution in [-0.2, 0) is 0 Å². The number of pyridine rings is 1. The van der Waals surface area contributed by atoms with Gasteiger partial charge in [-0.25, -0.2) is 0 Å². The lowest BCUT2D eigenvalue weighted by Gasteiger charge is -2.17. The molecule has 0 fully saturated rings. The Kier molecular flexibility index (Phi) is 4.25. The van der Waals surface area contributed by atoms with Crippen molar-refractivity contribution in [2.45, 2.75) is 13.8 Å². The first-order valence-corrected chi connectivity index (χ1v) is 14.0. The van der Waals surface area contributed by atoms with E-state index in [1.165, 1.54) is 92.8 Å². The summed E-state index contributed by atoms with van der Waals surface area (Å²) in [6, 6.07) is 40.7. The molecule has 8 aromatic rings. The van der Waals surface area contributed by atoms with Crippen LogP contribution in [0.5, 0.6) is 0 Å². The highest BCUT2D eigenvalue weighted by Crippen LogP contribution is 2.51. The van der Waals surface area contributed by atoms with Gasteiger partial charge in [-0.3, -0.25) is 4.98 Å². The van der Waals surface area contributed by atoms with Crippen LogP contribution in [0.1, 0.15) is 11.1 Å². The van der Waals surface area contributed by atoms with Crippen molar-refractivity contribution in [3.05, 3.63) is 127 Å². The molecule has 0 atom stereocenters. The van der Waals surface area contributed by atoms with Crippen LogP contribution in [0.4, 0.5) is 0 Å². The van der Waals surface area contributed by atoms with E-state index in [2.05, 4.69) is 123 Å².